The molecule has 3 aliphatic heterocycles. The molecule has 2 amide bonds. The Morgan fingerprint density at radius 1 is 1.30 bits per heavy atom. The quantitative estimate of drug-likeness (QED) is 0.711. The molecule has 0 bridgehead atoms. The molecule has 3 aliphatic rings. The van der Waals surface area contributed by atoms with E-state index in [1.807, 2.05) is 4.90 Å². The van der Waals surface area contributed by atoms with E-state index < -0.39 is 0 Å². The Hall–Kier alpha value is -1.89. The molecule has 1 aromatic heterocycles. The molecule has 4 heterocycles. The molecular formula is C13H18N6O. The van der Waals surface area contributed by atoms with Crippen LogP contribution in [0.25, 0.3) is 0 Å². The highest BCUT2D eigenvalue weighted by atomic mass is 16.2. The average Bonchev–Trinajstić information content (AvgIpc) is 2.87. The number of nitrogens with zero attached hydrogens (tertiary/aromatic N) is 4. The van der Waals surface area contributed by atoms with Crippen molar-refractivity contribution in [2.45, 2.75) is 19.0 Å². The van der Waals surface area contributed by atoms with Gasteiger partial charge in [0.15, 0.2) is 0 Å². The van der Waals surface area contributed by atoms with E-state index in [0.717, 1.165) is 57.2 Å². The zero-order valence-electron chi connectivity index (χ0n) is 11.3. The smallest absolute Gasteiger partial charge is 0.317 e. The van der Waals surface area contributed by atoms with Crippen LogP contribution in [-0.4, -0.2) is 59.7 Å². The zero-order chi connectivity index (χ0) is 13.5. The molecule has 20 heavy (non-hydrogen) atoms. The van der Waals surface area contributed by atoms with Crippen molar-refractivity contribution in [2.24, 2.45) is 0 Å². The molecule has 0 saturated carbocycles. The van der Waals surface area contributed by atoms with Gasteiger partial charge in [-0.25, -0.2) is 14.8 Å². The van der Waals surface area contributed by atoms with Crippen LogP contribution in [0.4, 0.5) is 10.6 Å². The molecule has 7 heteroatoms. The Bertz CT molecular complexity index is 548. The van der Waals surface area contributed by atoms with Gasteiger partial charge < -0.3 is 20.4 Å². The Morgan fingerprint density at radius 2 is 2.25 bits per heavy atom. The van der Waals surface area contributed by atoms with Gasteiger partial charge in [-0.2, -0.15) is 0 Å². The summed E-state index contributed by atoms with van der Waals surface area (Å²) in [7, 11) is 0. The van der Waals surface area contributed by atoms with Gasteiger partial charge in [0.2, 0.25) is 0 Å². The number of aromatic nitrogens is 2. The fourth-order valence-corrected chi connectivity index (χ4v) is 3.32. The number of anilines is 1. The van der Waals surface area contributed by atoms with Gasteiger partial charge in [-0.15, -0.1) is 0 Å². The Labute approximate surface area is 117 Å². The van der Waals surface area contributed by atoms with Crippen LogP contribution in [-0.2, 0) is 13.0 Å². The van der Waals surface area contributed by atoms with Crippen LogP contribution in [0.15, 0.2) is 6.33 Å². The van der Waals surface area contributed by atoms with Crippen LogP contribution in [0.5, 0.6) is 0 Å². The topological polar surface area (TPSA) is 73.4 Å². The van der Waals surface area contributed by atoms with Crippen molar-refractivity contribution in [1.29, 1.82) is 0 Å². The van der Waals surface area contributed by atoms with Gasteiger partial charge >= 0.3 is 6.03 Å². The molecule has 2 fully saturated rings. The van der Waals surface area contributed by atoms with Crippen LogP contribution in [0, 0.1) is 0 Å². The van der Waals surface area contributed by atoms with Crippen LogP contribution in [0.2, 0.25) is 0 Å². The first kappa shape index (κ1) is 11.9. The molecule has 7 nitrogen and oxygen atoms in total. The number of fused-ring (bicyclic) bond motifs is 2. The Kier molecular flexibility index (Phi) is 2.73. The van der Waals surface area contributed by atoms with Crippen LogP contribution in [0.3, 0.4) is 0 Å². The standard InChI is InChI=1S/C13H18N6O/c20-13-15-5-9-7-18(3-4-19(9)13)12-10-6-14-2-1-11(10)16-8-17-12/h8-9,14H,1-7H2,(H,15,20). The monoisotopic (exact) mass is 274 g/mol. The van der Waals surface area contributed by atoms with Crippen molar-refractivity contribution in [3.05, 3.63) is 17.6 Å². The molecule has 1 unspecified atom stereocenters. The van der Waals surface area contributed by atoms with Crippen molar-refractivity contribution >= 4 is 11.8 Å². The van der Waals surface area contributed by atoms with Crippen molar-refractivity contribution < 1.29 is 4.79 Å². The molecule has 0 radical (unpaired) electrons. The van der Waals surface area contributed by atoms with Gasteiger partial charge in [0.25, 0.3) is 0 Å². The highest BCUT2D eigenvalue weighted by Crippen LogP contribution is 2.25. The molecule has 1 aromatic rings. The highest BCUT2D eigenvalue weighted by Gasteiger charge is 2.36. The highest BCUT2D eigenvalue weighted by molar-refractivity contribution is 5.77. The minimum absolute atomic E-state index is 0.0704. The first-order valence-corrected chi connectivity index (χ1v) is 7.16. The third-order valence-electron chi connectivity index (χ3n) is 4.38. The first-order valence-electron chi connectivity index (χ1n) is 7.16. The molecular weight excluding hydrogens is 256 g/mol. The predicted molar refractivity (Wildman–Crippen MR) is 73.5 cm³/mol. The Morgan fingerprint density at radius 3 is 3.20 bits per heavy atom. The van der Waals surface area contributed by atoms with E-state index >= 15 is 0 Å². The van der Waals surface area contributed by atoms with E-state index in [1.54, 1.807) is 6.33 Å². The van der Waals surface area contributed by atoms with Crippen molar-refractivity contribution in [3.63, 3.8) is 0 Å². The molecule has 0 aromatic carbocycles. The van der Waals surface area contributed by atoms with E-state index in [-0.39, 0.29) is 12.1 Å². The van der Waals surface area contributed by atoms with E-state index in [1.165, 1.54) is 5.56 Å². The van der Waals surface area contributed by atoms with E-state index in [0.29, 0.717) is 0 Å². The van der Waals surface area contributed by atoms with Gasteiger partial charge in [0.05, 0.1) is 11.7 Å². The number of rotatable bonds is 1. The summed E-state index contributed by atoms with van der Waals surface area (Å²) in [5, 5.41) is 6.30. The van der Waals surface area contributed by atoms with E-state index in [2.05, 4.69) is 25.5 Å². The van der Waals surface area contributed by atoms with E-state index in [9.17, 15) is 4.79 Å². The molecule has 106 valence electrons. The van der Waals surface area contributed by atoms with Crippen molar-refractivity contribution in [1.82, 2.24) is 25.5 Å². The Balaban J connectivity index is 1.61. The molecule has 0 spiro atoms. The molecule has 4 rings (SSSR count). The number of urea groups is 1. The number of hydrogen-bond donors (Lipinski definition) is 2. The summed E-state index contributed by atoms with van der Waals surface area (Å²) in [6.45, 7) is 5.02. The van der Waals surface area contributed by atoms with E-state index in [4.69, 9.17) is 0 Å². The SMILES string of the molecule is O=C1NCC2CN(c3ncnc4c3CNCC4)CCN12. The minimum Gasteiger partial charge on any atom is -0.352 e. The molecule has 1 atom stereocenters. The molecule has 0 aliphatic carbocycles. The summed E-state index contributed by atoms with van der Waals surface area (Å²) in [6.07, 6.45) is 2.64. The number of amides is 2. The second kappa shape index (κ2) is 4.59. The van der Waals surface area contributed by atoms with Crippen LogP contribution in [0.1, 0.15) is 11.3 Å². The van der Waals surface area contributed by atoms with Gasteiger partial charge in [-0.3, -0.25) is 0 Å². The van der Waals surface area contributed by atoms with Gasteiger partial charge in [0.1, 0.15) is 12.1 Å². The number of carbonyl (C=O) groups is 1. The lowest BCUT2D eigenvalue weighted by Crippen LogP contribution is -2.52. The number of hydrogen-bond acceptors (Lipinski definition) is 5. The second-order valence-electron chi connectivity index (χ2n) is 5.53. The maximum Gasteiger partial charge on any atom is 0.317 e. The van der Waals surface area contributed by atoms with Gasteiger partial charge in [-0.1, -0.05) is 0 Å². The van der Waals surface area contributed by atoms with Crippen molar-refractivity contribution in [3.8, 4) is 0 Å². The maximum absolute atomic E-state index is 11.6. The summed E-state index contributed by atoms with van der Waals surface area (Å²) in [5.41, 5.74) is 2.39. The van der Waals surface area contributed by atoms with Gasteiger partial charge in [-0.05, 0) is 0 Å². The third kappa shape index (κ3) is 1.81. The first-order chi connectivity index (χ1) is 9.83. The van der Waals surface area contributed by atoms with Crippen LogP contribution >= 0.6 is 0 Å². The number of nitrogens with one attached hydrogen (secondary N) is 2. The summed E-state index contributed by atoms with van der Waals surface area (Å²) < 4.78 is 0. The predicted octanol–water partition coefficient (Wildman–Crippen LogP) is -0.664. The van der Waals surface area contributed by atoms with Gasteiger partial charge in [0, 0.05) is 51.3 Å². The number of piperazine rings is 1. The maximum atomic E-state index is 11.6. The normalized spacial score (nSPS) is 25.2. The fraction of sp³-hybridized carbons (Fsp3) is 0.615. The minimum atomic E-state index is 0.0704. The summed E-state index contributed by atoms with van der Waals surface area (Å²) in [6, 6.07) is 0.333. The third-order valence-corrected chi connectivity index (χ3v) is 4.38. The second-order valence-corrected chi connectivity index (χ2v) is 5.53. The lowest BCUT2D eigenvalue weighted by molar-refractivity contribution is 0.197. The largest absolute Gasteiger partial charge is 0.352 e. The fourth-order valence-electron chi connectivity index (χ4n) is 3.32. The average molecular weight is 274 g/mol. The molecule has 2 N–H and O–H groups in total. The van der Waals surface area contributed by atoms with Crippen LogP contribution < -0.4 is 15.5 Å². The molecule has 2 saturated heterocycles. The van der Waals surface area contributed by atoms with Crippen molar-refractivity contribution in [2.75, 3.05) is 37.6 Å². The number of carbonyl (C=O) groups excluding carboxylic acids is 1. The zero-order valence-corrected chi connectivity index (χ0v) is 11.3. The summed E-state index contributed by atoms with van der Waals surface area (Å²) >= 11 is 0. The summed E-state index contributed by atoms with van der Waals surface area (Å²) in [5.74, 6) is 1.04. The lowest BCUT2D eigenvalue weighted by Gasteiger charge is -2.38. The summed E-state index contributed by atoms with van der Waals surface area (Å²) in [4.78, 5) is 24.8. The lowest BCUT2D eigenvalue weighted by atomic mass is 10.1.